The van der Waals surface area contributed by atoms with Crippen LogP contribution in [0.2, 0.25) is 0 Å². The summed E-state index contributed by atoms with van der Waals surface area (Å²) in [5, 5.41) is 6.23. The fourth-order valence-electron chi connectivity index (χ4n) is 2.11. The summed E-state index contributed by atoms with van der Waals surface area (Å²) in [5.74, 6) is 1.16. The number of unbranched alkanes of at least 4 members (excludes halogenated alkanes) is 1. The zero-order valence-corrected chi connectivity index (χ0v) is 10.7. The molecule has 16 heavy (non-hydrogen) atoms. The second kappa shape index (κ2) is 7.66. The van der Waals surface area contributed by atoms with Gasteiger partial charge in [0, 0.05) is 19.6 Å². The summed E-state index contributed by atoms with van der Waals surface area (Å²) >= 11 is 0. The van der Waals surface area contributed by atoms with E-state index in [9.17, 15) is 4.79 Å². The number of rotatable bonds is 8. The average molecular weight is 226 g/mol. The highest BCUT2D eigenvalue weighted by molar-refractivity contribution is 5.79. The van der Waals surface area contributed by atoms with Crippen molar-refractivity contribution in [1.29, 1.82) is 0 Å². The van der Waals surface area contributed by atoms with Gasteiger partial charge in [0.05, 0.1) is 5.92 Å². The third kappa shape index (κ3) is 4.52. The van der Waals surface area contributed by atoms with Crippen molar-refractivity contribution in [2.45, 2.75) is 46.0 Å². The van der Waals surface area contributed by atoms with E-state index in [0.29, 0.717) is 5.92 Å². The Bertz CT molecular complexity index is 202. The first-order valence-corrected chi connectivity index (χ1v) is 6.76. The minimum absolute atomic E-state index is 0.230. The summed E-state index contributed by atoms with van der Waals surface area (Å²) in [7, 11) is 0. The van der Waals surface area contributed by atoms with Crippen LogP contribution < -0.4 is 10.6 Å². The van der Waals surface area contributed by atoms with E-state index in [2.05, 4.69) is 24.5 Å². The van der Waals surface area contributed by atoms with Crippen LogP contribution in [-0.4, -0.2) is 25.5 Å². The van der Waals surface area contributed by atoms with E-state index in [1.165, 1.54) is 32.1 Å². The largest absolute Gasteiger partial charge is 0.356 e. The van der Waals surface area contributed by atoms with Crippen molar-refractivity contribution in [2.24, 2.45) is 11.8 Å². The van der Waals surface area contributed by atoms with E-state index in [1.54, 1.807) is 0 Å². The Morgan fingerprint density at radius 2 is 2.06 bits per heavy atom. The zero-order chi connectivity index (χ0) is 11.8. The molecule has 0 spiro atoms. The Morgan fingerprint density at radius 1 is 1.31 bits per heavy atom. The number of hydrogen-bond acceptors (Lipinski definition) is 2. The van der Waals surface area contributed by atoms with Gasteiger partial charge in [0.15, 0.2) is 0 Å². The van der Waals surface area contributed by atoms with E-state index in [-0.39, 0.29) is 11.8 Å². The summed E-state index contributed by atoms with van der Waals surface area (Å²) < 4.78 is 0. The lowest BCUT2D eigenvalue weighted by Crippen LogP contribution is -2.51. The van der Waals surface area contributed by atoms with Crippen LogP contribution in [0.15, 0.2) is 0 Å². The van der Waals surface area contributed by atoms with Crippen molar-refractivity contribution in [3.8, 4) is 0 Å². The van der Waals surface area contributed by atoms with E-state index < -0.39 is 0 Å². The van der Waals surface area contributed by atoms with Crippen molar-refractivity contribution in [3.05, 3.63) is 0 Å². The van der Waals surface area contributed by atoms with Crippen molar-refractivity contribution in [3.63, 3.8) is 0 Å². The molecule has 1 aliphatic rings. The van der Waals surface area contributed by atoms with Crippen LogP contribution in [0, 0.1) is 11.8 Å². The molecule has 0 bridgehead atoms. The molecule has 94 valence electrons. The van der Waals surface area contributed by atoms with Gasteiger partial charge in [0.2, 0.25) is 5.91 Å². The molecule has 1 amide bonds. The maximum Gasteiger partial charge on any atom is 0.225 e. The number of carbonyl (C=O) groups is 1. The Labute approximate surface area is 99.4 Å². The highest BCUT2D eigenvalue weighted by atomic mass is 16.2. The fraction of sp³-hybridized carbons (Fsp3) is 0.923. The zero-order valence-electron chi connectivity index (χ0n) is 10.7. The van der Waals surface area contributed by atoms with E-state index in [0.717, 1.165) is 19.6 Å². The van der Waals surface area contributed by atoms with Crippen LogP contribution in [-0.2, 0) is 4.79 Å². The van der Waals surface area contributed by atoms with Crippen LogP contribution in [0.4, 0.5) is 0 Å². The van der Waals surface area contributed by atoms with Crippen molar-refractivity contribution >= 4 is 5.91 Å². The summed E-state index contributed by atoms with van der Waals surface area (Å²) in [4.78, 5) is 11.7. The first kappa shape index (κ1) is 13.5. The van der Waals surface area contributed by atoms with Crippen molar-refractivity contribution < 1.29 is 4.79 Å². The third-order valence-corrected chi connectivity index (χ3v) is 3.38. The molecule has 1 heterocycles. The molecule has 3 nitrogen and oxygen atoms in total. The standard InChI is InChI=1S/C13H26N2O/c1-3-5-7-11(6-4-2)8-15-13(16)12-9-14-10-12/h11-12,14H,3-10H2,1-2H3,(H,15,16). The molecular formula is C13H26N2O. The van der Waals surface area contributed by atoms with Gasteiger partial charge in [0.25, 0.3) is 0 Å². The lowest BCUT2D eigenvalue weighted by Gasteiger charge is -2.27. The van der Waals surface area contributed by atoms with Crippen LogP contribution in [0.5, 0.6) is 0 Å². The normalized spacial score (nSPS) is 17.9. The van der Waals surface area contributed by atoms with E-state index in [4.69, 9.17) is 0 Å². The minimum atomic E-state index is 0.230. The van der Waals surface area contributed by atoms with Gasteiger partial charge < -0.3 is 10.6 Å². The van der Waals surface area contributed by atoms with Gasteiger partial charge in [-0.1, -0.05) is 33.1 Å². The molecule has 0 radical (unpaired) electrons. The number of nitrogens with one attached hydrogen (secondary N) is 2. The van der Waals surface area contributed by atoms with E-state index in [1.807, 2.05) is 0 Å². The monoisotopic (exact) mass is 226 g/mol. The molecule has 1 fully saturated rings. The topological polar surface area (TPSA) is 41.1 Å². The maximum atomic E-state index is 11.7. The predicted octanol–water partition coefficient (Wildman–Crippen LogP) is 1.93. The molecule has 1 unspecified atom stereocenters. The van der Waals surface area contributed by atoms with Crippen LogP contribution in [0.25, 0.3) is 0 Å². The quantitative estimate of drug-likeness (QED) is 0.664. The highest BCUT2D eigenvalue weighted by Crippen LogP contribution is 2.14. The van der Waals surface area contributed by atoms with Gasteiger partial charge in [-0.2, -0.15) is 0 Å². The Balaban J connectivity index is 2.16. The molecule has 2 N–H and O–H groups in total. The number of amides is 1. The van der Waals surface area contributed by atoms with Crippen LogP contribution in [0.1, 0.15) is 46.0 Å². The fourth-order valence-corrected chi connectivity index (χ4v) is 2.11. The van der Waals surface area contributed by atoms with Gasteiger partial charge in [-0.3, -0.25) is 4.79 Å². The smallest absolute Gasteiger partial charge is 0.225 e. The predicted molar refractivity (Wildman–Crippen MR) is 67.3 cm³/mol. The summed E-state index contributed by atoms with van der Waals surface area (Å²) in [6.07, 6.45) is 6.25. The van der Waals surface area contributed by atoms with Crippen LogP contribution in [0.3, 0.4) is 0 Å². The molecule has 0 aromatic rings. The second-order valence-electron chi connectivity index (χ2n) is 4.90. The first-order chi connectivity index (χ1) is 7.77. The third-order valence-electron chi connectivity index (χ3n) is 3.38. The Kier molecular flexibility index (Phi) is 6.46. The number of hydrogen-bond donors (Lipinski definition) is 2. The van der Waals surface area contributed by atoms with Crippen LogP contribution >= 0.6 is 0 Å². The molecule has 3 heteroatoms. The van der Waals surface area contributed by atoms with Crippen molar-refractivity contribution in [1.82, 2.24) is 10.6 Å². The SMILES string of the molecule is CCCCC(CCC)CNC(=O)C1CNC1. The van der Waals surface area contributed by atoms with Gasteiger partial charge in [-0.25, -0.2) is 0 Å². The second-order valence-corrected chi connectivity index (χ2v) is 4.90. The molecular weight excluding hydrogens is 200 g/mol. The Hall–Kier alpha value is -0.570. The van der Waals surface area contributed by atoms with Gasteiger partial charge in [0.1, 0.15) is 0 Å². The summed E-state index contributed by atoms with van der Waals surface area (Å²) in [6, 6.07) is 0. The molecule has 0 aromatic heterocycles. The molecule has 1 aliphatic heterocycles. The lowest BCUT2D eigenvalue weighted by atomic mass is 9.96. The van der Waals surface area contributed by atoms with Gasteiger partial charge in [-0.15, -0.1) is 0 Å². The summed E-state index contributed by atoms with van der Waals surface area (Å²) in [6.45, 7) is 7.04. The molecule has 1 atom stereocenters. The molecule has 0 saturated carbocycles. The first-order valence-electron chi connectivity index (χ1n) is 6.76. The van der Waals surface area contributed by atoms with Crippen molar-refractivity contribution in [2.75, 3.05) is 19.6 Å². The molecule has 1 saturated heterocycles. The summed E-state index contributed by atoms with van der Waals surface area (Å²) in [5.41, 5.74) is 0. The van der Waals surface area contributed by atoms with Gasteiger partial charge >= 0.3 is 0 Å². The highest BCUT2D eigenvalue weighted by Gasteiger charge is 2.24. The molecule has 0 aromatic carbocycles. The lowest BCUT2D eigenvalue weighted by molar-refractivity contribution is -0.126. The van der Waals surface area contributed by atoms with Gasteiger partial charge in [-0.05, 0) is 18.8 Å². The average Bonchev–Trinajstić information content (AvgIpc) is 2.19. The molecule has 0 aliphatic carbocycles. The minimum Gasteiger partial charge on any atom is -0.356 e. The molecule has 1 rings (SSSR count). The Morgan fingerprint density at radius 3 is 2.56 bits per heavy atom. The number of carbonyl (C=O) groups excluding carboxylic acids is 1. The van der Waals surface area contributed by atoms with E-state index >= 15 is 0 Å². The maximum absolute atomic E-state index is 11.7.